The molecule has 0 aliphatic rings. The number of hydrazone groups is 2. The van der Waals surface area contributed by atoms with Crippen molar-refractivity contribution in [1.82, 2.24) is 15.0 Å². The van der Waals surface area contributed by atoms with E-state index in [0.717, 1.165) is 23.7 Å². The lowest BCUT2D eigenvalue weighted by Gasteiger charge is -2.12. The third-order valence-corrected chi connectivity index (χ3v) is 3.66. The lowest BCUT2D eigenvalue weighted by Crippen LogP contribution is -2.17. The van der Waals surface area contributed by atoms with Crippen molar-refractivity contribution in [1.29, 1.82) is 0 Å². The van der Waals surface area contributed by atoms with Gasteiger partial charge in [0.1, 0.15) is 6.29 Å². The fourth-order valence-corrected chi connectivity index (χ4v) is 2.39. The summed E-state index contributed by atoms with van der Waals surface area (Å²) in [4.78, 5) is 14.9. The van der Waals surface area contributed by atoms with Gasteiger partial charge in [0.2, 0.25) is 0 Å². The van der Waals surface area contributed by atoms with Crippen LogP contribution in [0.3, 0.4) is 0 Å². The summed E-state index contributed by atoms with van der Waals surface area (Å²) >= 11 is 0. The smallest absolute Gasteiger partial charge is 0.144 e. The molecule has 6 heteroatoms. The van der Waals surface area contributed by atoms with Crippen molar-refractivity contribution in [3.05, 3.63) is 54.4 Å². The van der Waals surface area contributed by atoms with Crippen LogP contribution in [-0.2, 0) is 11.2 Å². The monoisotopic (exact) mass is 361 g/mol. The summed E-state index contributed by atoms with van der Waals surface area (Å²) in [5.41, 5.74) is 2.23. The van der Waals surface area contributed by atoms with Crippen molar-refractivity contribution in [2.45, 2.75) is 12.8 Å². The van der Waals surface area contributed by atoms with E-state index in [2.05, 4.69) is 39.3 Å². The number of pyridine rings is 1. The molecule has 2 rings (SSSR count). The van der Waals surface area contributed by atoms with Gasteiger partial charge >= 0.3 is 0 Å². The number of hydrogen-bond acceptors (Lipinski definition) is 6. The number of hydrogen-bond donors (Lipinski definition) is 0. The van der Waals surface area contributed by atoms with Crippen molar-refractivity contribution >= 4 is 29.6 Å². The van der Waals surface area contributed by atoms with Gasteiger partial charge in [-0.25, -0.2) is 0 Å². The average Bonchev–Trinajstić information content (AvgIpc) is 2.69. The van der Waals surface area contributed by atoms with Crippen LogP contribution in [-0.4, -0.2) is 53.9 Å². The van der Waals surface area contributed by atoms with Crippen molar-refractivity contribution < 1.29 is 4.79 Å². The second kappa shape index (κ2) is 11.2. The number of terminal acetylenes is 1. The summed E-state index contributed by atoms with van der Waals surface area (Å²) in [6.07, 6.45) is 15.9. The number of aromatic nitrogens is 1. The number of nitrogens with zero attached hydrogens (tertiary/aromatic N) is 5. The Balaban J connectivity index is 1.89. The Morgan fingerprint density at radius 1 is 1.26 bits per heavy atom. The summed E-state index contributed by atoms with van der Waals surface area (Å²) in [6, 6.07) is 10.3. The number of rotatable bonds is 10. The highest BCUT2D eigenvalue weighted by molar-refractivity contribution is 5.79. The van der Waals surface area contributed by atoms with E-state index in [-0.39, 0.29) is 0 Å². The van der Waals surface area contributed by atoms with Crippen LogP contribution in [0.15, 0.2) is 59.0 Å². The van der Waals surface area contributed by atoms with Gasteiger partial charge in [0, 0.05) is 37.3 Å². The topological polar surface area (TPSA) is 61.2 Å². The molecule has 0 spiro atoms. The first-order chi connectivity index (χ1) is 13.2. The molecule has 0 amide bonds. The molecule has 1 heterocycles. The van der Waals surface area contributed by atoms with E-state index in [0.29, 0.717) is 19.4 Å². The highest BCUT2D eigenvalue weighted by Gasteiger charge is 1.97. The van der Waals surface area contributed by atoms with E-state index in [4.69, 9.17) is 6.42 Å². The third kappa shape index (κ3) is 7.12. The van der Waals surface area contributed by atoms with E-state index in [9.17, 15) is 4.79 Å². The van der Waals surface area contributed by atoms with Crippen molar-refractivity contribution in [3.63, 3.8) is 0 Å². The first-order valence-corrected chi connectivity index (χ1v) is 8.64. The number of benzene rings is 1. The molecule has 2 aromatic rings. The summed E-state index contributed by atoms with van der Waals surface area (Å²) in [7, 11) is 1.80. The van der Waals surface area contributed by atoms with Crippen LogP contribution in [0.1, 0.15) is 12.0 Å². The molecule has 0 aliphatic heterocycles. The van der Waals surface area contributed by atoms with Crippen molar-refractivity contribution in [2.75, 3.05) is 20.1 Å². The van der Waals surface area contributed by atoms with Gasteiger partial charge in [-0.1, -0.05) is 18.1 Å². The normalized spacial score (nSPS) is 11.4. The number of allylic oxidation sites excluding steroid dienone is 1. The minimum Gasteiger partial charge on any atom is -0.299 e. The average molecular weight is 361 g/mol. The van der Waals surface area contributed by atoms with Gasteiger partial charge in [-0.15, -0.1) is 6.42 Å². The molecule has 1 aromatic carbocycles. The third-order valence-electron chi connectivity index (χ3n) is 3.66. The molecule has 0 saturated heterocycles. The molecule has 0 bridgehead atoms. The largest absolute Gasteiger partial charge is 0.299 e. The fourth-order valence-electron chi connectivity index (χ4n) is 2.39. The molecule has 0 atom stereocenters. The molecule has 138 valence electrons. The zero-order valence-corrected chi connectivity index (χ0v) is 15.4. The van der Waals surface area contributed by atoms with Crippen LogP contribution >= 0.6 is 0 Å². The van der Waals surface area contributed by atoms with Gasteiger partial charge in [0.25, 0.3) is 0 Å². The summed E-state index contributed by atoms with van der Waals surface area (Å²) in [5, 5.41) is 13.0. The Morgan fingerprint density at radius 2 is 2.15 bits per heavy atom. The van der Waals surface area contributed by atoms with Crippen LogP contribution in [0.2, 0.25) is 0 Å². The standard InChI is InChI=1S/C21H23N5O/c1-3-14-25(2)23-13-16-26(15-6-17-27)24-12-4-7-19-9-10-21-20(18-19)8-5-11-22-21/h1,5-6,8-13,15,17-18H,4,7,14,16H2,2H3/b15-6-,23-13-,24-12+. The Hall–Kier alpha value is -3.46. The molecule has 0 N–H and O–H groups in total. The van der Waals surface area contributed by atoms with Gasteiger partial charge in [0.05, 0.1) is 18.6 Å². The highest BCUT2D eigenvalue weighted by Crippen LogP contribution is 2.14. The number of carbonyl (C=O) groups excluding carboxylic acids is 1. The van der Waals surface area contributed by atoms with Crippen molar-refractivity contribution in [2.24, 2.45) is 10.2 Å². The van der Waals surface area contributed by atoms with Crippen LogP contribution in [0, 0.1) is 12.3 Å². The first-order valence-electron chi connectivity index (χ1n) is 8.64. The highest BCUT2D eigenvalue weighted by atomic mass is 16.1. The van der Waals surface area contributed by atoms with Gasteiger partial charge < -0.3 is 0 Å². The SMILES string of the molecule is C#CCN(C)/N=C\CN(/C=C\C=O)/N=C/CCc1ccc2ncccc2c1. The number of aldehydes is 1. The quantitative estimate of drug-likeness (QED) is 0.215. The second-order valence-electron chi connectivity index (χ2n) is 5.78. The molecule has 0 unspecified atom stereocenters. The maximum atomic E-state index is 10.6. The first kappa shape index (κ1) is 19.9. The van der Waals surface area contributed by atoms with Gasteiger partial charge in [-0.05, 0) is 42.7 Å². The number of aryl methyl sites for hydroxylation is 1. The van der Waals surface area contributed by atoms with E-state index in [1.807, 2.05) is 18.3 Å². The Morgan fingerprint density at radius 3 is 2.96 bits per heavy atom. The minimum atomic E-state index is 0.436. The zero-order valence-electron chi connectivity index (χ0n) is 15.4. The van der Waals surface area contributed by atoms with Gasteiger partial charge in [0.15, 0.2) is 0 Å². The van der Waals surface area contributed by atoms with Gasteiger partial charge in [-0.2, -0.15) is 10.2 Å². The molecule has 0 radical (unpaired) electrons. The molecule has 0 saturated carbocycles. The fraction of sp³-hybridized carbons (Fsp3) is 0.238. The van der Waals surface area contributed by atoms with Gasteiger partial charge in [-0.3, -0.25) is 19.8 Å². The van der Waals surface area contributed by atoms with Crippen LogP contribution in [0.4, 0.5) is 0 Å². The van der Waals surface area contributed by atoms with Crippen molar-refractivity contribution in [3.8, 4) is 12.3 Å². The Labute approximate surface area is 159 Å². The maximum Gasteiger partial charge on any atom is 0.144 e. The predicted octanol–water partition coefficient (Wildman–Crippen LogP) is 2.72. The zero-order chi connectivity index (χ0) is 19.3. The van der Waals surface area contributed by atoms with E-state index in [1.165, 1.54) is 11.6 Å². The Kier molecular flexibility index (Phi) is 8.25. The summed E-state index contributed by atoms with van der Waals surface area (Å²) in [5.74, 6) is 2.51. The molecule has 27 heavy (non-hydrogen) atoms. The number of fused-ring (bicyclic) bond motifs is 1. The van der Waals surface area contributed by atoms with Crippen LogP contribution in [0.25, 0.3) is 10.9 Å². The minimum absolute atomic E-state index is 0.436. The van der Waals surface area contributed by atoms with E-state index >= 15 is 0 Å². The maximum absolute atomic E-state index is 10.6. The molecular formula is C21H23N5O. The Bertz CT molecular complexity index is 866. The van der Waals surface area contributed by atoms with Crippen LogP contribution in [0.5, 0.6) is 0 Å². The van der Waals surface area contributed by atoms with Crippen LogP contribution < -0.4 is 0 Å². The summed E-state index contributed by atoms with van der Waals surface area (Å²) in [6.45, 7) is 0.878. The molecule has 6 nitrogen and oxygen atoms in total. The molecule has 0 aliphatic carbocycles. The molecule has 1 aromatic heterocycles. The summed E-state index contributed by atoms with van der Waals surface area (Å²) < 4.78 is 0. The number of carbonyl (C=O) groups is 1. The lowest BCUT2D eigenvalue weighted by atomic mass is 10.1. The molecule has 0 fully saturated rings. The lowest BCUT2D eigenvalue weighted by molar-refractivity contribution is -0.104. The van der Waals surface area contributed by atoms with E-state index in [1.54, 1.807) is 35.7 Å². The van der Waals surface area contributed by atoms with E-state index < -0.39 is 0 Å². The molecular weight excluding hydrogens is 338 g/mol. The second-order valence-corrected chi connectivity index (χ2v) is 5.78. The predicted molar refractivity (Wildman–Crippen MR) is 110 cm³/mol.